The van der Waals surface area contributed by atoms with E-state index >= 15 is 0 Å². The minimum Gasteiger partial charge on any atom is -0.350 e. The van der Waals surface area contributed by atoms with Gasteiger partial charge in [-0.1, -0.05) is 18.2 Å². The van der Waals surface area contributed by atoms with Gasteiger partial charge in [0, 0.05) is 24.7 Å². The van der Waals surface area contributed by atoms with Gasteiger partial charge in [0.25, 0.3) is 0 Å². The SMILES string of the molecule is CC(=O)N(CC(=O)NCc1ccccc1F)c1ccc(C(F)(F)F)cc1. The molecule has 1 N–H and O–H groups in total. The molecule has 0 saturated carbocycles. The summed E-state index contributed by atoms with van der Waals surface area (Å²) in [6, 6.07) is 9.81. The molecule has 8 heteroatoms. The molecule has 0 spiro atoms. The molecule has 0 heterocycles. The number of amides is 2. The highest BCUT2D eigenvalue weighted by Gasteiger charge is 2.30. The molecule has 0 atom stereocenters. The quantitative estimate of drug-likeness (QED) is 0.821. The molecular weight excluding hydrogens is 352 g/mol. The lowest BCUT2D eigenvalue weighted by atomic mass is 10.2. The third-order valence-corrected chi connectivity index (χ3v) is 3.62. The van der Waals surface area contributed by atoms with E-state index < -0.39 is 35.9 Å². The molecule has 0 fully saturated rings. The minimum atomic E-state index is -4.49. The van der Waals surface area contributed by atoms with Crippen molar-refractivity contribution in [2.45, 2.75) is 19.6 Å². The van der Waals surface area contributed by atoms with E-state index in [2.05, 4.69) is 5.32 Å². The smallest absolute Gasteiger partial charge is 0.350 e. The number of carbonyl (C=O) groups excluding carboxylic acids is 2. The summed E-state index contributed by atoms with van der Waals surface area (Å²) in [5.41, 5.74) is -0.412. The van der Waals surface area contributed by atoms with Crippen LogP contribution in [-0.2, 0) is 22.3 Å². The maximum atomic E-state index is 13.5. The van der Waals surface area contributed by atoms with E-state index in [1.165, 1.54) is 25.1 Å². The summed E-state index contributed by atoms with van der Waals surface area (Å²) in [6.45, 7) is 0.737. The molecule has 2 aromatic carbocycles. The number of nitrogens with one attached hydrogen (secondary N) is 1. The standard InChI is InChI=1S/C18H16F4N2O2/c1-12(25)24(15-8-6-14(7-9-15)18(20,21)22)11-17(26)23-10-13-4-2-3-5-16(13)19/h2-9H,10-11H2,1H3,(H,23,26). The van der Waals surface area contributed by atoms with Gasteiger partial charge in [0.2, 0.25) is 11.8 Å². The minimum absolute atomic E-state index is 0.0652. The van der Waals surface area contributed by atoms with Crippen molar-refractivity contribution in [1.82, 2.24) is 5.32 Å². The van der Waals surface area contributed by atoms with Crippen LogP contribution in [0.25, 0.3) is 0 Å². The van der Waals surface area contributed by atoms with Crippen molar-refractivity contribution in [2.75, 3.05) is 11.4 Å². The molecule has 4 nitrogen and oxygen atoms in total. The first-order chi connectivity index (χ1) is 12.2. The Hall–Kier alpha value is -2.90. The van der Waals surface area contributed by atoms with Gasteiger partial charge >= 0.3 is 6.18 Å². The summed E-state index contributed by atoms with van der Waals surface area (Å²) >= 11 is 0. The lowest BCUT2D eigenvalue weighted by Crippen LogP contribution is -2.39. The monoisotopic (exact) mass is 368 g/mol. The molecule has 0 unspecified atom stereocenters. The summed E-state index contributed by atoms with van der Waals surface area (Å²) in [7, 11) is 0. The summed E-state index contributed by atoms with van der Waals surface area (Å²) in [4.78, 5) is 24.8. The molecule has 0 aromatic heterocycles. The Labute approximate surface area is 147 Å². The van der Waals surface area contributed by atoms with Crippen LogP contribution in [0.15, 0.2) is 48.5 Å². The number of nitrogens with zero attached hydrogens (tertiary/aromatic N) is 1. The van der Waals surface area contributed by atoms with Crippen molar-refractivity contribution in [3.8, 4) is 0 Å². The third-order valence-electron chi connectivity index (χ3n) is 3.62. The molecule has 0 aliphatic rings. The molecular formula is C18H16F4N2O2. The van der Waals surface area contributed by atoms with E-state index in [0.29, 0.717) is 0 Å². The number of benzene rings is 2. The maximum Gasteiger partial charge on any atom is 0.416 e. The predicted molar refractivity (Wildman–Crippen MR) is 87.7 cm³/mol. The molecule has 2 aromatic rings. The first-order valence-electron chi connectivity index (χ1n) is 7.64. The van der Waals surface area contributed by atoms with Crippen LogP contribution >= 0.6 is 0 Å². The van der Waals surface area contributed by atoms with Crippen molar-refractivity contribution in [2.24, 2.45) is 0 Å². The molecule has 2 rings (SSSR count). The number of anilines is 1. The van der Waals surface area contributed by atoms with Crippen LogP contribution in [-0.4, -0.2) is 18.4 Å². The highest BCUT2D eigenvalue weighted by atomic mass is 19.4. The average molecular weight is 368 g/mol. The maximum absolute atomic E-state index is 13.5. The molecule has 26 heavy (non-hydrogen) atoms. The molecule has 2 amide bonds. The fourth-order valence-corrected chi connectivity index (χ4v) is 2.25. The largest absolute Gasteiger partial charge is 0.416 e. The zero-order valence-corrected chi connectivity index (χ0v) is 13.8. The second-order valence-corrected chi connectivity index (χ2v) is 5.52. The van der Waals surface area contributed by atoms with Gasteiger partial charge in [-0.2, -0.15) is 13.2 Å². The van der Waals surface area contributed by atoms with Crippen molar-refractivity contribution >= 4 is 17.5 Å². The molecule has 0 bridgehead atoms. The van der Waals surface area contributed by atoms with Crippen LogP contribution < -0.4 is 10.2 Å². The Morgan fingerprint density at radius 3 is 2.19 bits per heavy atom. The molecule has 0 aliphatic heterocycles. The van der Waals surface area contributed by atoms with Crippen LogP contribution in [0.2, 0.25) is 0 Å². The summed E-state index contributed by atoms with van der Waals surface area (Å²) < 4.78 is 51.3. The van der Waals surface area contributed by atoms with Crippen LogP contribution in [0.1, 0.15) is 18.1 Å². The highest BCUT2D eigenvalue weighted by molar-refractivity contribution is 5.97. The molecule has 0 radical (unpaired) electrons. The van der Waals surface area contributed by atoms with Gasteiger partial charge in [-0.25, -0.2) is 4.39 Å². The Morgan fingerprint density at radius 1 is 1.04 bits per heavy atom. The van der Waals surface area contributed by atoms with E-state index in [0.717, 1.165) is 29.2 Å². The Balaban J connectivity index is 2.04. The van der Waals surface area contributed by atoms with Gasteiger partial charge in [-0.3, -0.25) is 9.59 Å². The normalized spacial score (nSPS) is 11.1. The fourth-order valence-electron chi connectivity index (χ4n) is 2.25. The second kappa shape index (κ2) is 7.99. The molecule has 138 valence electrons. The zero-order valence-electron chi connectivity index (χ0n) is 13.8. The van der Waals surface area contributed by atoms with E-state index in [4.69, 9.17) is 0 Å². The van der Waals surface area contributed by atoms with E-state index in [-0.39, 0.29) is 17.8 Å². The lowest BCUT2D eigenvalue weighted by Gasteiger charge is -2.21. The van der Waals surface area contributed by atoms with Gasteiger partial charge in [0.15, 0.2) is 0 Å². The number of rotatable bonds is 5. The van der Waals surface area contributed by atoms with Gasteiger partial charge in [0.05, 0.1) is 5.56 Å². The number of halogens is 4. The Morgan fingerprint density at radius 2 is 1.65 bits per heavy atom. The van der Waals surface area contributed by atoms with Gasteiger partial charge in [-0.15, -0.1) is 0 Å². The van der Waals surface area contributed by atoms with E-state index in [1.54, 1.807) is 6.07 Å². The van der Waals surface area contributed by atoms with Gasteiger partial charge in [-0.05, 0) is 30.3 Å². The Kier molecular flexibility index (Phi) is 5.97. The summed E-state index contributed by atoms with van der Waals surface area (Å²) in [5, 5.41) is 2.48. The van der Waals surface area contributed by atoms with Crippen molar-refractivity contribution in [3.63, 3.8) is 0 Å². The van der Waals surface area contributed by atoms with Crippen molar-refractivity contribution in [3.05, 3.63) is 65.5 Å². The second-order valence-electron chi connectivity index (χ2n) is 5.52. The van der Waals surface area contributed by atoms with E-state index in [1.807, 2.05) is 0 Å². The van der Waals surface area contributed by atoms with Gasteiger partial charge in [0.1, 0.15) is 12.4 Å². The van der Waals surface area contributed by atoms with Crippen LogP contribution in [0.4, 0.5) is 23.2 Å². The molecule has 0 aliphatic carbocycles. The van der Waals surface area contributed by atoms with Crippen LogP contribution in [0.5, 0.6) is 0 Å². The highest BCUT2D eigenvalue weighted by Crippen LogP contribution is 2.30. The lowest BCUT2D eigenvalue weighted by molar-refractivity contribution is -0.137. The zero-order chi connectivity index (χ0) is 19.3. The fraction of sp³-hybridized carbons (Fsp3) is 0.222. The molecule has 0 saturated heterocycles. The van der Waals surface area contributed by atoms with Crippen LogP contribution in [0, 0.1) is 5.82 Å². The topological polar surface area (TPSA) is 49.4 Å². The van der Waals surface area contributed by atoms with Crippen molar-refractivity contribution < 1.29 is 27.2 Å². The number of hydrogen-bond acceptors (Lipinski definition) is 2. The number of hydrogen-bond donors (Lipinski definition) is 1. The number of alkyl halides is 3. The predicted octanol–water partition coefficient (Wildman–Crippen LogP) is 3.51. The first kappa shape index (κ1) is 19.4. The van der Waals surface area contributed by atoms with Crippen LogP contribution in [0.3, 0.4) is 0 Å². The van der Waals surface area contributed by atoms with E-state index in [9.17, 15) is 27.2 Å². The summed E-state index contributed by atoms with van der Waals surface area (Å²) in [5.74, 6) is -1.55. The Bertz CT molecular complexity index is 789. The summed E-state index contributed by atoms with van der Waals surface area (Å²) in [6.07, 6.45) is -4.49. The third kappa shape index (κ3) is 5.05. The number of carbonyl (C=O) groups is 2. The first-order valence-corrected chi connectivity index (χ1v) is 7.64. The van der Waals surface area contributed by atoms with Crippen molar-refractivity contribution in [1.29, 1.82) is 0 Å². The average Bonchev–Trinajstić information content (AvgIpc) is 2.58. The van der Waals surface area contributed by atoms with Gasteiger partial charge < -0.3 is 10.2 Å².